The molecule has 5 nitrogen and oxygen atoms in total. The zero-order valence-electron chi connectivity index (χ0n) is 11.5. The fourth-order valence-corrected chi connectivity index (χ4v) is 2.49. The van der Waals surface area contributed by atoms with Crippen LogP contribution in [0.15, 0.2) is 36.5 Å². The molecule has 1 heterocycles. The van der Waals surface area contributed by atoms with Gasteiger partial charge >= 0.3 is 5.97 Å². The first-order chi connectivity index (χ1) is 10.2. The molecule has 0 atom stereocenters. The quantitative estimate of drug-likeness (QED) is 0.914. The van der Waals surface area contributed by atoms with Crippen LogP contribution in [-0.2, 0) is 4.79 Å². The van der Waals surface area contributed by atoms with E-state index in [0.717, 1.165) is 23.7 Å². The molecule has 1 amide bonds. The Balaban J connectivity index is 1.92. The average Bonchev–Trinajstić information content (AvgIpc) is 3.31. The number of hydrogen-bond donors (Lipinski definition) is 1. The Morgan fingerprint density at radius 3 is 2.71 bits per heavy atom. The van der Waals surface area contributed by atoms with Gasteiger partial charge in [-0.25, -0.2) is 0 Å². The van der Waals surface area contributed by atoms with Crippen molar-refractivity contribution in [3.05, 3.63) is 42.1 Å². The highest BCUT2D eigenvalue weighted by atomic mass is 16.4. The van der Waals surface area contributed by atoms with E-state index in [1.165, 1.54) is 0 Å². The summed E-state index contributed by atoms with van der Waals surface area (Å²) < 4.78 is 0. The van der Waals surface area contributed by atoms with E-state index in [1.54, 1.807) is 17.2 Å². The van der Waals surface area contributed by atoms with Crippen LogP contribution in [0.25, 0.3) is 10.9 Å². The van der Waals surface area contributed by atoms with Gasteiger partial charge in [0.2, 0.25) is 0 Å². The van der Waals surface area contributed by atoms with Gasteiger partial charge < -0.3 is 10.0 Å². The molecule has 1 aromatic carbocycles. The zero-order chi connectivity index (χ0) is 14.8. The van der Waals surface area contributed by atoms with Crippen molar-refractivity contribution in [2.45, 2.75) is 25.3 Å². The summed E-state index contributed by atoms with van der Waals surface area (Å²) in [5.74, 6) is -0.981. The van der Waals surface area contributed by atoms with Gasteiger partial charge in [-0.15, -0.1) is 0 Å². The second-order valence-electron chi connectivity index (χ2n) is 5.25. The molecule has 3 rings (SSSR count). The van der Waals surface area contributed by atoms with E-state index < -0.39 is 5.97 Å². The molecule has 1 aliphatic rings. The molecule has 0 saturated heterocycles. The molecule has 1 fully saturated rings. The lowest BCUT2D eigenvalue weighted by Gasteiger charge is -2.22. The van der Waals surface area contributed by atoms with Gasteiger partial charge in [-0.3, -0.25) is 14.6 Å². The minimum atomic E-state index is -0.881. The van der Waals surface area contributed by atoms with Crippen molar-refractivity contribution in [3.63, 3.8) is 0 Å². The molecular weight excluding hydrogens is 268 g/mol. The van der Waals surface area contributed by atoms with Gasteiger partial charge in [-0.1, -0.05) is 18.2 Å². The van der Waals surface area contributed by atoms with Crippen molar-refractivity contribution in [1.82, 2.24) is 9.88 Å². The normalized spacial score (nSPS) is 14.1. The number of nitrogens with zero attached hydrogens (tertiary/aromatic N) is 2. The van der Waals surface area contributed by atoms with Crippen molar-refractivity contribution in [2.24, 2.45) is 0 Å². The maximum atomic E-state index is 12.8. The molecule has 5 heteroatoms. The number of aromatic nitrogens is 1. The van der Waals surface area contributed by atoms with Crippen molar-refractivity contribution in [2.75, 3.05) is 6.54 Å². The number of fused-ring (bicyclic) bond motifs is 1. The third-order valence-electron chi connectivity index (χ3n) is 3.69. The molecule has 108 valence electrons. The first-order valence-corrected chi connectivity index (χ1v) is 7.03. The third-order valence-corrected chi connectivity index (χ3v) is 3.69. The SMILES string of the molecule is O=C(O)CCN(C(=O)c1ccnc2ccccc12)C1CC1. The molecule has 1 N–H and O–H groups in total. The van der Waals surface area contributed by atoms with Crippen LogP contribution < -0.4 is 0 Å². The Labute approximate surface area is 122 Å². The molecule has 0 aliphatic heterocycles. The number of carbonyl (C=O) groups is 2. The second kappa shape index (κ2) is 5.52. The fraction of sp³-hybridized carbons (Fsp3) is 0.312. The highest BCUT2D eigenvalue weighted by molar-refractivity contribution is 6.06. The van der Waals surface area contributed by atoms with E-state index in [-0.39, 0.29) is 24.9 Å². The van der Waals surface area contributed by atoms with Gasteiger partial charge in [0.05, 0.1) is 17.5 Å². The molecule has 2 aromatic rings. The van der Waals surface area contributed by atoms with E-state index in [4.69, 9.17) is 5.11 Å². The topological polar surface area (TPSA) is 70.5 Å². The summed E-state index contributed by atoms with van der Waals surface area (Å²) in [5, 5.41) is 9.65. The van der Waals surface area contributed by atoms with Gasteiger partial charge in [0.1, 0.15) is 0 Å². The number of amides is 1. The number of pyridine rings is 1. The number of carboxylic acid groups (broad SMARTS) is 1. The van der Waals surface area contributed by atoms with Crippen LogP contribution in [-0.4, -0.2) is 39.5 Å². The number of hydrogen-bond acceptors (Lipinski definition) is 3. The predicted octanol–water partition coefficient (Wildman–Crippen LogP) is 2.31. The smallest absolute Gasteiger partial charge is 0.305 e. The third kappa shape index (κ3) is 2.86. The summed E-state index contributed by atoms with van der Waals surface area (Å²) in [5.41, 5.74) is 1.37. The van der Waals surface area contributed by atoms with Crippen LogP contribution in [0.2, 0.25) is 0 Å². The molecule has 0 bridgehead atoms. The minimum Gasteiger partial charge on any atom is -0.481 e. The Kier molecular flexibility index (Phi) is 3.56. The maximum absolute atomic E-state index is 12.8. The molecule has 0 unspecified atom stereocenters. The second-order valence-corrected chi connectivity index (χ2v) is 5.25. The monoisotopic (exact) mass is 284 g/mol. The Morgan fingerprint density at radius 2 is 2.00 bits per heavy atom. The summed E-state index contributed by atoms with van der Waals surface area (Å²) in [6, 6.07) is 9.39. The van der Waals surface area contributed by atoms with Crippen LogP contribution in [0.4, 0.5) is 0 Å². The molecule has 0 spiro atoms. The summed E-state index contributed by atoms with van der Waals surface area (Å²) in [7, 11) is 0. The average molecular weight is 284 g/mol. The fourth-order valence-electron chi connectivity index (χ4n) is 2.49. The van der Waals surface area contributed by atoms with Crippen LogP contribution in [0, 0.1) is 0 Å². The summed E-state index contributed by atoms with van der Waals surface area (Å²) >= 11 is 0. The van der Waals surface area contributed by atoms with Gasteiger partial charge in [0.25, 0.3) is 5.91 Å². The number of carbonyl (C=O) groups excluding carboxylic acids is 1. The summed E-state index contributed by atoms with van der Waals surface area (Å²) in [6.45, 7) is 0.259. The number of carboxylic acids is 1. The van der Waals surface area contributed by atoms with E-state index >= 15 is 0 Å². The number of benzene rings is 1. The first-order valence-electron chi connectivity index (χ1n) is 7.03. The van der Waals surface area contributed by atoms with Crippen LogP contribution in [0.5, 0.6) is 0 Å². The van der Waals surface area contributed by atoms with Crippen LogP contribution in [0.1, 0.15) is 29.6 Å². The zero-order valence-corrected chi connectivity index (χ0v) is 11.5. The molecular formula is C16H16N2O3. The van der Waals surface area contributed by atoms with E-state index in [2.05, 4.69) is 4.98 Å². The number of rotatable bonds is 5. The van der Waals surface area contributed by atoms with E-state index in [0.29, 0.717) is 5.56 Å². The van der Waals surface area contributed by atoms with Gasteiger partial charge in [0.15, 0.2) is 0 Å². The van der Waals surface area contributed by atoms with Gasteiger partial charge in [0, 0.05) is 24.2 Å². The molecule has 21 heavy (non-hydrogen) atoms. The lowest BCUT2D eigenvalue weighted by molar-refractivity contribution is -0.137. The highest BCUT2D eigenvalue weighted by Crippen LogP contribution is 2.29. The van der Waals surface area contributed by atoms with Crippen molar-refractivity contribution < 1.29 is 14.7 Å². The highest BCUT2D eigenvalue weighted by Gasteiger charge is 2.33. The standard InChI is InChI=1S/C16H16N2O3/c19-15(20)8-10-18(11-5-6-11)16(21)13-7-9-17-14-4-2-1-3-12(13)14/h1-4,7,9,11H,5-6,8,10H2,(H,19,20). The van der Waals surface area contributed by atoms with E-state index in [1.807, 2.05) is 24.3 Å². The summed E-state index contributed by atoms with van der Waals surface area (Å²) in [6.07, 6.45) is 3.51. The van der Waals surface area contributed by atoms with Gasteiger partial charge in [-0.05, 0) is 25.0 Å². The van der Waals surface area contributed by atoms with Crippen LogP contribution >= 0.6 is 0 Å². The lowest BCUT2D eigenvalue weighted by atomic mass is 10.1. The Morgan fingerprint density at radius 1 is 1.24 bits per heavy atom. The predicted molar refractivity (Wildman–Crippen MR) is 78.1 cm³/mol. The molecule has 0 radical (unpaired) electrons. The summed E-state index contributed by atoms with van der Waals surface area (Å²) in [4.78, 5) is 29.5. The lowest BCUT2D eigenvalue weighted by Crippen LogP contribution is -2.35. The largest absolute Gasteiger partial charge is 0.481 e. The Bertz CT molecular complexity index is 689. The van der Waals surface area contributed by atoms with Crippen LogP contribution in [0.3, 0.4) is 0 Å². The molecule has 1 aliphatic carbocycles. The first kappa shape index (κ1) is 13.5. The van der Waals surface area contributed by atoms with E-state index in [9.17, 15) is 9.59 Å². The van der Waals surface area contributed by atoms with Crippen molar-refractivity contribution in [3.8, 4) is 0 Å². The molecule has 1 aromatic heterocycles. The number of aliphatic carboxylic acids is 1. The van der Waals surface area contributed by atoms with Crippen molar-refractivity contribution in [1.29, 1.82) is 0 Å². The Hall–Kier alpha value is -2.43. The molecule has 1 saturated carbocycles. The number of para-hydroxylation sites is 1. The minimum absolute atomic E-state index is 0.0226. The van der Waals surface area contributed by atoms with Crippen molar-refractivity contribution >= 4 is 22.8 Å². The maximum Gasteiger partial charge on any atom is 0.305 e. The van der Waals surface area contributed by atoms with Gasteiger partial charge in [-0.2, -0.15) is 0 Å².